The third-order valence-electron chi connectivity index (χ3n) is 8.38. The number of hydrogen-bond acceptors (Lipinski definition) is 8. The molecule has 1 N–H and O–H groups in total. The second kappa shape index (κ2) is 12.5. The fraction of sp³-hybridized carbons (Fsp3) is 0.533. The lowest BCUT2D eigenvalue weighted by Gasteiger charge is -2.34. The van der Waals surface area contributed by atoms with Crippen LogP contribution in [0, 0.1) is 5.92 Å². The zero-order valence-corrected chi connectivity index (χ0v) is 25.3. The van der Waals surface area contributed by atoms with Gasteiger partial charge >= 0.3 is 0 Å². The lowest BCUT2D eigenvalue weighted by atomic mass is 10.0. The van der Waals surface area contributed by atoms with Gasteiger partial charge in [-0.2, -0.15) is 4.31 Å². The van der Waals surface area contributed by atoms with E-state index in [0.29, 0.717) is 24.1 Å². The monoisotopic (exact) mass is 596 g/mol. The van der Waals surface area contributed by atoms with Crippen LogP contribution in [0.25, 0.3) is 0 Å². The Morgan fingerprint density at radius 3 is 2.38 bits per heavy atom. The van der Waals surface area contributed by atoms with Gasteiger partial charge in [0.05, 0.1) is 18.3 Å². The molecular weight excluding hydrogens is 556 g/mol. The zero-order valence-electron chi connectivity index (χ0n) is 24.5. The van der Waals surface area contributed by atoms with Crippen LogP contribution in [0.3, 0.4) is 0 Å². The first-order valence-corrected chi connectivity index (χ1v) is 16.2. The number of rotatable bonds is 9. The number of carbonyl (C=O) groups is 3. The zero-order chi connectivity index (χ0) is 30.0. The average Bonchev–Trinajstić information content (AvgIpc) is 3.54. The number of nitrogens with zero attached hydrogens (tertiary/aromatic N) is 5. The Labute approximate surface area is 247 Å². The number of piperazine rings is 1. The second-order valence-electron chi connectivity index (χ2n) is 11.9. The summed E-state index contributed by atoms with van der Waals surface area (Å²) >= 11 is 0. The molecule has 3 atom stereocenters. The number of amides is 2. The first-order valence-electron chi connectivity index (χ1n) is 14.6. The number of sulfonamides is 1. The van der Waals surface area contributed by atoms with E-state index in [1.54, 1.807) is 30.3 Å². The summed E-state index contributed by atoms with van der Waals surface area (Å²) in [6, 6.07) is 10.2. The second-order valence-corrected chi connectivity index (χ2v) is 13.8. The van der Waals surface area contributed by atoms with Crippen LogP contribution in [0.1, 0.15) is 42.7 Å². The van der Waals surface area contributed by atoms with E-state index in [-0.39, 0.29) is 42.4 Å². The lowest BCUT2D eigenvalue weighted by molar-refractivity contribution is -0.138. The molecule has 1 aromatic heterocycles. The maximum atomic E-state index is 13.8. The number of likely N-dealkylation sites (N-methyl/N-ethyl adjacent to an activating group) is 1. The van der Waals surface area contributed by atoms with E-state index in [0.717, 1.165) is 31.9 Å². The summed E-state index contributed by atoms with van der Waals surface area (Å²) in [5, 5.41) is 2.91. The number of likely N-dealkylation sites (tertiary alicyclic amines) is 1. The number of aromatic nitrogens is 1. The molecule has 3 unspecified atom stereocenters. The first-order chi connectivity index (χ1) is 20.0. The van der Waals surface area contributed by atoms with Gasteiger partial charge in [0.1, 0.15) is 17.8 Å². The predicted molar refractivity (Wildman–Crippen MR) is 159 cm³/mol. The Hall–Kier alpha value is -3.35. The molecule has 5 rings (SSSR count). The molecule has 0 saturated carbocycles. The number of fused-ring (bicyclic) bond motifs is 1. The van der Waals surface area contributed by atoms with Gasteiger partial charge in [0.2, 0.25) is 15.9 Å². The van der Waals surface area contributed by atoms with E-state index < -0.39 is 28.1 Å². The highest BCUT2D eigenvalue weighted by atomic mass is 32.2. The Morgan fingerprint density at radius 2 is 1.74 bits per heavy atom. The van der Waals surface area contributed by atoms with Crippen LogP contribution in [0.4, 0.5) is 5.69 Å². The SMILES string of the molecule is CC(C)CC(NC(=O)c1ccc(N2CCN(C)CC2)cc1)C(=O)N1CCC2C1C(=O)CN2S(=O)(=O)Cc1ccccn1. The Bertz CT molecular complexity index is 1390. The highest BCUT2D eigenvalue weighted by Crippen LogP contribution is 2.33. The van der Waals surface area contributed by atoms with E-state index in [4.69, 9.17) is 0 Å². The van der Waals surface area contributed by atoms with Crippen LogP contribution < -0.4 is 10.2 Å². The minimum atomic E-state index is -3.82. The number of benzene rings is 1. The van der Waals surface area contributed by atoms with Gasteiger partial charge in [-0.1, -0.05) is 19.9 Å². The van der Waals surface area contributed by atoms with E-state index >= 15 is 0 Å². The van der Waals surface area contributed by atoms with Gasteiger partial charge < -0.3 is 20.0 Å². The molecule has 12 heteroatoms. The molecule has 1 aromatic carbocycles. The molecule has 11 nitrogen and oxygen atoms in total. The number of carbonyl (C=O) groups excluding carboxylic acids is 3. The quantitative estimate of drug-likeness (QED) is 0.461. The van der Waals surface area contributed by atoms with Gasteiger partial charge in [-0.15, -0.1) is 0 Å². The van der Waals surface area contributed by atoms with E-state index in [1.165, 1.54) is 15.4 Å². The minimum absolute atomic E-state index is 0.104. The van der Waals surface area contributed by atoms with Crippen molar-refractivity contribution < 1.29 is 22.8 Å². The number of anilines is 1. The molecule has 3 aliphatic heterocycles. The van der Waals surface area contributed by atoms with Gasteiger partial charge in [-0.05, 0) is 62.2 Å². The Morgan fingerprint density at radius 1 is 1.02 bits per heavy atom. The summed E-state index contributed by atoms with van der Waals surface area (Å²) in [6.45, 7) is 7.73. The normalized spacial score (nSPS) is 22.4. The molecule has 2 amide bonds. The number of nitrogens with one attached hydrogen (secondary N) is 1. The van der Waals surface area contributed by atoms with Gasteiger partial charge in [0.25, 0.3) is 5.91 Å². The topological polar surface area (TPSA) is 123 Å². The molecule has 0 aliphatic carbocycles. The average molecular weight is 597 g/mol. The van der Waals surface area contributed by atoms with E-state index in [1.807, 2.05) is 26.0 Å². The number of Topliss-reactive ketones (excluding diaryl/α,β-unsaturated/α-hetero) is 1. The van der Waals surface area contributed by atoms with Crippen molar-refractivity contribution in [2.45, 2.75) is 50.6 Å². The summed E-state index contributed by atoms with van der Waals surface area (Å²) < 4.78 is 27.7. The molecule has 226 valence electrons. The smallest absolute Gasteiger partial charge is 0.251 e. The van der Waals surface area contributed by atoms with Gasteiger partial charge in [0, 0.05) is 50.2 Å². The van der Waals surface area contributed by atoms with Crippen LogP contribution in [0.15, 0.2) is 48.7 Å². The lowest BCUT2D eigenvalue weighted by Crippen LogP contribution is -2.53. The van der Waals surface area contributed by atoms with Crippen molar-refractivity contribution in [3.63, 3.8) is 0 Å². The Kier molecular flexibility index (Phi) is 8.95. The molecule has 0 radical (unpaired) electrons. The Balaban J connectivity index is 1.27. The molecule has 2 aromatic rings. The van der Waals surface area contributed by atoms with Gasteiger partial charge in [0.15, 0.2) is 5.78 Å². The van der Waals surface area contributed by atoms with Crippen LogP contribution in [0.2, 0.25) is 0 Å². The fourth-order valence-electron chi connectivity index (χ4n) is 6.16. The number of ketones is 1. The minimum Gasteiger partial charge on any atom is -0.369 e. The summed E-state index contributed by atoms with van der Waals surface area (Å²) in [5.41, 5.74) is 1.91. The third kappa shape index (κ3) is 6.50. The highest BCUT2D eigenvalue weighted by Gasteiger charge is 2.54. The standard InChI is InChI=1S/C30H40N6O5S/c1-21(2)18-25(32-29(38)22-7-9-24(10-8-22)34-16-14-33(3)15-17-34)30(39)35-13-11-26-28(35)27(37)19-36(26)42(40,41)20-23-6-4-5-12-31-23/h4-10,12,21,25-26,28H,11,13-20H2,1-3H3,(H,32,38). The van der Waals surface area contributed by atoms with Crippen LogP contribution in [-0.2, 0) is 25.4 Å². The van der Waals surface area contributed by atoms with Crippen molar-refractivity contribution in [2.24, 2.45) is 5.92 Å². The third-order valence-corrected chi connectivity index (χ3v) is 10.2. The number of pyridine rings is 1. The highest BCUT2D eigenvalue weighted by molar-refractivity contribution is 7.88. The van der Waals surface area contributed by atoms with Crippen LogP contribution in [0.5, 0.6) is 0 Å². The maximum absolute atomic E-state index is 13.8. The van der Waals surface area contributed by atoms with Crippen LogP contribution >= 0.6 is 0 Å². The molecule has 0 bridgehead atoms. The van der Waals surface area contributed by atoms with E-state index in [2.05, 4.69) is 27.1 Å². The van der Waals surface area contributed by atoms with Gasteiger partial charge in [-0.25, -0.2) is 8.42 Å². The van der Waals surface area contributed by atoms with Gasteiger partial charge in [-0.3, -0.25) is 19.4 Å². The predicted octanol–water partition coefficient (Wildman–Crippen LogP) is 1.36. The van der Waals surface area contributed by atoms with Crippen molar-refractivity contribution in [3.8, 4) is 0 Å². The first kappa shape index (κ1) is 30.1. The maximum Gasteiger partial charge on any atom is 0.251 e. The van der Waals surface area contributed by atoms with Crippen LogP contribution in [-0.4, -0.2) is 110 Å². The molecule has 42 heavy (non-hydrogen) atoms. The summed E-state index contributed by atoms with van der Waals surface area (Å²) in [5.74, 6) is -1.21. The molecule has 0 spiro atoms. The fourth-order valence-corrected chi connectivity index (χ4v) is 7.83. The molecule has 3 saturated heterocycles. The van der Waals surface area contributed by atoms with Crippen molar-refractivity contribution in [3.05, 3.63) is 59.9 Å². The summed E-state index contributed by atoms with van der Waals surface area (Å²) in [6.07, 6.45) is 2.29. The number of hydrogen-bond donors (Lipinski definition) is 1. The molecule has 3 aliphatic rings. The summed E-state index contributed by atoms with van der Waals surface area (Å²) in [7, 11) is -1.72. The van der Waals surface area contributed by atoms with E-state index in [9.17, 15) is 22.8 Å². The molecule has 3 fully saturated rings. The van der Waals surface area contributed by atoms with Crippen molar-refractivity contribution in [1.82, 2.24) is 24.4 Å². The molecule has 4 heterocycles. The van der Waals surface area contributed by atoms with Crippen molar-refractivity contribution in [2.75, 3.05) is 51.2 Å². The molecular formula is C30H40N6O5S. The summed E-state index contributed by atoms with van der Waals surface area (Å²) in [4.78, 5) is 50.4. The van der Waals surface area contributed by atoms with Crippen molar-refractivity contribution in [1.29, 1.82) is 0 Å². The largest absolute Gasteiger partial charge is 0.369 e. The van der Waals surface area contributed by atoms with Crippen molar-refractivity contribution >= 4 is 33.3 Å².